The van der Waals surface area contributed by atoms with Gasteiger partial charge in [-0.1, -0.05) is 116 Å². The van der Waals surface area contributed by atoms with Crippen LogP contribution in [-0.2, 0) is 99.3 Å². The molecule has 3 aromatic heterocycles. The Morgan fingerprint density at radius 3 is 1.11 bits per heavy atom. The molecular weight excluding hydrogens is 1840 g/mol. The molecule has 12 heterocycles. The number of hydrogen-bond donors (Lipinski definition) is 1. The van der Waals surface area contributed by atoms with Gasteiger partial charge in [0.15, 0.2) is 0 Å². The van der Waals surface area contributed by atoms with Crippen molar-refractivity contribution in [3.63, 3.8) is 0 Å². The molecule has 4 spiro atoms. The number of carbonyl (C=O) groups excluding carboxylic acids is 5. The number of anilines is 5. The molecule has 4 saturated heterocycles. The number of hydrogen-bond acceptors (Lipinski definition) is 13. The zero-order chi connectivity index (χ0) is 101. The van der Waals surface area contributed by atoms with Crippen LogP contribution in [0, 0.1) is 46.5 Å². The molecule has 2 atom stereocenters. The summed E-state index contributed by atoms with van der Waals surface area (Å²) in [7, 11) is 11.5. The summed E-state index contributed by atoms with van der Waals surface area (Å²) >= 11 is 0. The van der Waals surface area contributed by atoms with Crippen molar-refractivity contribution in [2.24, 2.45) is 21.1 Å². The van der Waals surface area contributed by atoms with Crippen LogP contribution in [0.25, 0.3) is 77.2 Å². The number of aryl methyl sites for hydroxylation is 3. The molecule has 4 fully saturated rings. The Bertz CT molecular complexity index is 7690. The van der Waals surface area contributed by atoms with Gasteiger partial charge in [-0.25, -0.2) is 39.9 Å². The van der Waals surface area contributed by atoms with Gasteiger partial charge in [0.25, 0.3) is 0 Å². The van der Waals surface area contributed by atoms with Crippen molar-refractivity contribution < 1.29 is 63.8 Å². The molecule has 0 radical (unpaired) electrons. The van der Waals surface area contributed by atoms with Gasteiger partial charge in [0.05, 0.1) is 64.4 Å². The number of likely N-dealkylation sites (N-methyl/N-ethyl adjacent to an activating group) is 1. The van der Waals surface area contributed by atoms with E-state index in [2.05, 4.69) is 48.9 Å². The second-order valence-electron chi connectivity index (χ2n) is 40.8. The van der Waals surface area contributed by atoms with Gasteiger partial charge >= 0.3 is 6.09 Å². The largest absolute Gasteiger partial charge is 0.444 e. The Morgan fingerprint density at radius 2 is 0.708 bits per heavy atom. The van der Waals surface area contributed by atoms with E-state index in [1.807, 2.05) is 192 Å². The highest BCUT2D eigenvalue weighted by Crippen LogP contribution is 2.54. The quantitative estimate of drug-likeness (QED) is 0.114. The summed E-state index contributed by atoms with van der Waals surface area (Å²) in [5.74, 6) is -5.84. The number of aromatic nitrogens is 6. The normalized spacial score (nSPS) is 18.7. The van der Waals surface area contributed by atoms with Crippen molar-refractivity contribution in [1.29, 1.82) is 0 Å². The van der Waals surface area contributed by atoms with E-state index in [1.54, 1.807) is 85.7 Å². The molecule has 5 amide bonds. The van der Waals surface area contributed by atoms with Crippen LogP contribution >= 0.6 is 0 Å². The van der Waals surface area contributed by atoms with Crippen molar-refractivity contribution in [1.82, 2.24) is 48.9 Å². The highest BCUT2D eigenvalue weighted by Gasteiger charge is 2.58. The second kappa shape index (κ2) is 36.8. The minimum atomic E-state index is -0.990. The van der Waals surface area contributed by atoms with E-state index in [0.29, 0.717) is 103 Å². The second-order valence-corrected chi connectivity index (χ2v) is 40.8. The zero-order valence-electron chi connectivity index (χ0n) is 81.4. The van der Waals surface area contributed by atoms with Crippen LogP contribution in [0.3, 0.4) is 0 Å². The number of carbonyl (C=O) groups is 5. The summed E-state index contributed by atoms with van der Waals surface area (Å²) in [4.78, 5) is 82.2. The maximum Gasteiger partial charge on any atom is 0.410 e. The number of nitrogens with zero attached hydrogens (tertiary/aromatic N) is 14. The number of piperidine rings is 2. The fourth-order valence-electron chi connectivity index (χ4n) is 23.0. The van der Waals surface area contributed by atoms with Crippen LogP contribution < -0.4 is 24.9 Å². The Labute approximate surface area is 828 Å². The predicted molar refractivity (Wildman–Crippen MR) is 542 cm³/mol. The molecule has 144 heavy (non-hydrogen) atoms. The molecule has 734 valence electrons. The highest BCUT2D eigenvalue weighted by molar-refractivity contribution is 6.12. The average molecular weight is 1950 g/mol. The van der Waals surface area contributed by atoms with Crippen molar-refractivity contribution in [3.05, 3.63) is 346 Å². The third kappa shape index (κ3) is 16.9. The third-order valence-electron chi connectivity index (χ3n) is 30.4. The monoisotopic (exact) mass is 1950 g/mol. The van der Waals surface area contributed by atoms with Gasteiger partial charge in [0, 0.05) is 138 Å². The number of para-hydroxylation sites is 4. The maximum absolute atomic E-state index is 15.6. The van der Waals surface area contributed by atoms with E-state index >= 15 is 35.1 Å². The molecule has 24 rings (SSSR count). The summed E-state index contributed by atoms with van der Waals surface area (Å²) in [6.45, 7) is 13.8. The number of rotatable bonds is 12. The zero-order valence-corrected chi connectivity index (χ0v) is 81.4. The lowest BCUT2D eigenvalue weighted by molar-refractivity contribution is -0.125. The standard InChI is InChI=1S/C31H30F2N4O3.C29H27F2N3O.C28H26F2N4O.C27H24F2N4O/c1-30(2,3)40-29(39)36-13-12-31(18-36)23-9-5-6-11-27(23)37(28(31)38)17-22-24(32)14-19(15-25(22)33)20-8-7-10-26-21(20)16-35(4)34-26;1-18-13-21-14-19(7-8-26(21)32-18)20-15-24(30)22(25(31)16-20)17-34-27-6-4-3-5-23(27)29(28(34)35)9-11-33(2)12-10-29;1-32-11-9-28(10-12-32)22-5-3-4-6-26(22)34(27(28)35)17-21-23(29)14-19(15-24(21)30)18-7-8-25-20(13-18)16-33(2)31-25;1-31-11-10-27(16-31)21-7-3-4-9-25(21)33(26(27)34)15-20-22(28)12-17(13-23(20)29)18-6-5-8-24-19(18)14-32(2)30-24/h5-11,14-16H,12-13,17-18H2,1-4H3;3-8,14-16,32H,1,9-13,17H2,2H3;3-8,13-16H,9-12,17H2,1-2H3;3-9,12-14H,10-11,15-16H2,1-2H3. The fourth-order valence-corrected chi connectivity index (χ4v) is 23.0. The molecule has 0 saturated carbocycles. The number of likely N-dealkylation sites (tertiary alicyclic amines) is 4. The van der Waals surface area contributed by atoms with Crippen LogP contribution in [0.15, 0.2) is 249 Å². The van der Waals surface area contributed by atoms with Crippen molar-refractivity contribution in [2.75, 3.05) is 98.4 Å². The lowest BCUT2D eigenvalue weighted by atomic mass is 9.74. The smallest absolute Gasteiger partial charge is 0.410 e. The summed E-state index contributed by atoms with van der Waals surface area (Å²) in [5.41, 5.74) is 12.4. The first kappa shape index (κ1) is 95.3. The van der Waals surface area contributed by atoms with Gasteiger partial charge in [-0.05, 0) is 295 Å². The summed E-state index contributed by atoms with van der Waals surface area (Å²) in [6, 6.07) is 63.2. The first-order valence-corrected chi connectivity index (χ1v) is 48.5. The first-order valence-electron chi connectivity index (χ1n) is 48.5. The summed E-state index contributed by atoms with van der Waals surface area (Å²) in [6.07, 6.45) is 9.67. The van der Waals surface area contributed by atoms with E-state index in [0.717, 1.165) is 127 Å². The van der Waals surface area contributed by atoms with Gasteiger partial charge in [-0.15, -0.1) is 0 Å². The molecule has 9 aliphatic heterocycles. The molecule has 0 bridgehead atoms. The average Bonchev–Trinajstić information content (AvgIpc) is 1.61. The van der Waals surface area contributed by atoms with Crippen LogP contribution in [0.5, 0.6) is 0 Å². The van der Waals surface area contributed by atoms with E-state index in [9.17, 15) is 24.0 Å². The highest BCUT2D eigenvalue weighted by atomic mass is 19.2. The molecule has 0 aliphatic carbocycles. The van der Waals surface area contributed by atoms with Crippen molar-refractivity contribution >= 4 is 90.9 Å². The number of halogens is 8. The minimum Gasteiger partial charge on any atom is -0.444 e. The molecule has 2 unspecified atom stereocenters. The SMILES string of the molecule is C=C1Cc2cc(-c3cc(F)c(CN4C(=O)C5(CCN(C)CC5)c5ccccc54)c(F)c3)ccc2N1.CN1CCC2(C1)C(=O)N(Cc1c(F)cc(-c3cccc4nn(C)cc34)cc1F)c1ccccc12.CN1CCC2(CC1)C(=O)N(Cc1c(F)cc(-c3ccc4nn(C)cc4c3)cc1F)c1ccccc12.Cn1cc2c(-c3cc(F)c(CN4C(=O)C5(CCN(C(=O)OC(C)(C)C)C5)c5ccccc54)c(F)c3)cccc2n1. The Hall–Kier alpha value is -14.9. The van der Waals surface area contributed by atoms with Crippen LogP contribution in [0.4, 0.5) is 68.4 Å². The molecular formula is C115H107F8N15O6. The fraction of sp³-hybridized carbons (Fsp3) is 0.287. The Balaban J connectivity index is 0.000000113. The number of allylic oxidation sites excluding steroid dienone is 1. The molecule has 29 heteroatoms. The number of nitrogens with one attached hydrogen (secondary N) is 1. The molecule has 9 aliphatic rings. The number of amides is 5. The van der Waals surface area contributed by atoms with E-state index < -0.39 is 79.9 Å². The maximum atomic E-state index is 15.6. The Kier molecular flexibility index (Phi) is 24.3. The van der Waals surface area contributed by atoms with Crippen molar-refractivity contribution in [2.45, 2.75) is 119 Å². The first-order chi connectivity index (χ1) is 69.0. The summed E-state index contributed by atoms with van der Waals surface area (Å²) < 4.78 is 134. The molecule has 1 N–H and O–H groups in total. The van der Waals surface area contributed by atoms with E-state index in [4.69, 9.17) is 4.74 Å². The van der Waals surface area contributed by atoms with Crippen LogP contribution in [0.1, 0.15) is 109 Å². The molecule has 12 aromatic carbocycles. The molecule has 15 aromatic rings. The van der Waals surface area contributed by atoms with Crippen molar-refractivity contribution in [3.8, 4) is 44.5 Å². The third-order valence-corrected chi connectivity index (χ3v) is 30.4. The topological polar surface area (TPSA) is 186 Å². The van der Waals surface area contributed by atoms with Gasteiger partial charge in [-0.3, -0.25) is 33.2 Å². The van der Waals surface area contributed by atoms with Gasteiger partial charge in [0.2, 0.25) is 23.6 Å². The Morgan fingerprint density at radius 1 is 0.368 bits per heavy atom. The van der Waals surface area contributed by atoms with Gasteiger partial charge in [-0.2, -0.15) is 15.3 Å². The number of ether oxygens (including phenoxy) is 1. The van der Waals surface area contributed by atoms with E-state index in [-0.39, 0.29) is 78.6 Å². The number of fused-ring (bicyclic) bond motifs is 12. The number of benzene rings is 12. The minimum absolute atomic E-state index is 0.0546. The lowest BCUT2D eigenvalue weighted by Crippen LogP contribution is -2.47. The summed E-state index contributed by atoms with van der Waals surface area (Å²) in [5, 5.41) is 18.8. The lowest BCUT2D eigenvalue weighted by Gasteiger charge is -2.36. The predicted octanol–water partition coefficient (Wildman–Crippen LogP) is 21.2. The van der Waals surface area contributed by atoms with Crippen LogP contribution in [0.2, 0.25) is 0 Å². The van der Waals surface area contributed by atoms with E-state index in [1.165, 1.54) is 53.4 Å². The van der Waals surface area contributed by atoms with Crippen LogP contribution in [-0.4, -0.2) is 158 Å². The molecule has 21 nitrogen and oxygen atoms in total. The van der Waals surface area contributed by atoms with Gasteiger partial charge in [0.1, 0.15) is 52.1 Å². The van der Waals surface area contributed by atoms with Gasteiger partial charge < -0.3 is 49.3 Å².